The normalized spacial score (nSPS) is 10.5. The molecule has 0 aliphatic heterocycles. The fourth-order valence-electron chi connectivity index (χ4n) is 3.53. The van der Waals surface area contributed by atoms with E-state index >= 15 is 0 Å². The predicted molar refractivity (Wildman–Crippen MR) is 128 cm³/mol. The molecular formula is C27H30O5. The average molecular weight is 435 g/mol. The van der Waals surface area contributed by atoms with Gasteiger partial charge in [0.15, 0.2) is 23.0 Å². The van der Waals surface area contributed by atoms with Gasteiger partial charge in [-0.05, 0) is 56.5 Å². The number of hydrogen-bond donors (Lipinski definition) is 2. The smallest absolute Gasteiger partial charge is 0.170 e. The molecule has 3 aromatic carbocycles. The monoisotopic (exact) mass is 434 g/mol. The highest BCUT2D eigenvalue weighted by molar-refractivity contribution is 5.88. The standard InChI is InChI=1S/C27H30O5/c1-17(2)7-6-14-32-23-13-12-20(15-22(23)28)25-24(30-4)16-21(27(31-5)26(25)29)19-10-8-18(3)9-11-19/h7-13,15-16,28-29H,6,14H2,1-5H3. The molecule has 0 unspecified atom stereocenters. The number of rotatable bonds is 8. The van der Waals surface area contributed by atoms with Gasteiger partial charge in [-0.2, -0.15) is 0 Å². The van der Waals surface area contributed by atoms with Crippen molar-refractivity contribution in [1.29, 1.82) is 0 Å². The van der Waals surface area contributed by atoms with Crippen LogP contribution in [0.5, 0.6) is 28.7 Å². The molecule has 2 N–H and O–H groups in total. The number of methoxy groups -OCH3 is 2. The van der Waals surface area contributed by atoms with E-state index in [-0.39, 0.29) is 11.5 Å². The highest BCUT2D eigenvalue weighted by Crippen LogP contribution is 2.50. The van der Waals surface area contributed by atoms with Crippen molar-refractivity contribution in [2.24, 2.45) is 0 Å². The van der Waals surface area contributed by atoms with Crippen LogP contribution in [-0.4, -0.2) is 31.0 Å². The van der Waals surface area contributed by atoms with Crippen molar-refractivity contribution in [2.75, 3.05) is 20.8 Å². The lowest BCUT2D eigenvalue weighted by Crippen LogP contribution is -1.97. The van der Waals surface area contributed by atoms with Crippen molar-refractivity contribution in [3.8, 4) is 51.0 Å². The Morgan fingerprint density at radius 2 is 1.56 bits per heavy atom. The highest BCUT2D eigenvalue weighted by atomic mass is 16.5. The first-order chi connectivity index (χ1) is 15.3. The molecule has 5 nitrogen and oxygen atoms in total. The Morgan fingerprint density at radius 3 is 2.16 bits per heavy atom. The SMILES string of the molecule is COc1cc(-c2ccc(C)cc2)c(OC)c(O)c1-c1ccc(OCCC=C(C)C)c(O)c1. The van der Waals surface area contributed by atoms with Gasteiger partial charge in [0.1, 0.15) is 5.75 Å². The van der Waals surface area contributed by atoms with E-state index in [1.54, 1.807) is 25.3 Å². The predicted octanol–water partition coefficient (Wildman–Crippen LogP) is 6.49. The van der Waals surface area contributed by atoms with E-state index in [9.17, 15) is 10.2 Å². The van der Waals surface area contributed by atoms with Gasteiger partial charge in [-0.15, -0.1) is 0 Å². The van der Waals surface area contributed by atoms with Crippen molar-refractivity contribution in [1.82, 2.24) is 0 Å². The van der Waals surface area contributed by atoms with Crippen LogP contribution in [0.25, 0.3) is 22.3 Å². The molecule has 0 aromatic heterocycles. The van der Waals surface area contributed by atoms with E-state index in [1.165, 1.54) is 12.7 Å². The molecule has 0 amide bonds. The average Bonchev–Trinajstić information content (AvgIpc) is 2.77. The van der Waals surface area contributed by atoms with Crippen LogP contribution < -0.4 is 14.2 Å². The number of ether oxygens (including phenoxy) is 3. The van der Waals surface area contributed by atoms with Crippen molar-refractivity contribution < 1.29 is 24.4 Å². The minimum Gasteiger partial charge on any atom is -0.504 e. The van der Waals surface area contributed by atoms with Crippen LogP contribution in [0.3, 0.4) is 0 Å². The molecule has 0 saturated carbocycles. The molecule has 0 aliphatic carbocycles. The van der Waals surface area contributed by atoms with E-state index < -0.39 is 0 Å². The van der Waals surface area contributed by atoms with E-state index in [1.807, 2.05) is 51.1 Å². The Balaban J connectivity index is 2.01. The summed E-state index contributed by atoms with van der Waals surface area (Å²) in [5.41, 5.74) is 5.00. The molecule has 3 aromatic rings. The molecule has 0 spiro atoms. The highest BCUT2D eigenvalue weighted by Gasteiger charge is 2.22. The third-order valence-corrected chi connectivity index (χ3v) is 5.18. The molecule has 168 valence electrons. The second-order valence-electron chi connectivity index (χ2n) is 7.85. The van der Waals surface area contributed by atoms with Gasteiger partial charge in [0.2, 0.25) is 0 Å². The van der Waals surface area contributed by atoms with E-state index in [2.05, 4.69) is 6.08 Å². The Morgan fingerprint density at radius 1 is 0.875 bits per heavy atom. The Bertz CT molecular complexity index is 1110. The summed E-state index contributed by atoms with van der Waals surface area (Å²) in [6.45, 7) is 6.55. The third kappa shape index (κ3) is 4.99. The molecule has 0 heterocycles. The van der Waals surface area contributed by atoms with Gasteiger partial charge in [-0.1, -0.05) is 47.5 Å². The summed E-state index contributed by atoms with van der Waals surface area (Å²) < 4.78 is 16.8. The van der Waals surface area contributed by atoms with Crippen LogP contribution in [0.1, 0.15) is 25.8 Å². The number of phenolic OH excluding ortho intramolecular Hbond substituents is 2. The Hall–Kier alpha value is -3.60. The number of benzene rings is 3. The van der Waals surface area contributed by atoms with Gasteiger partial charge in [-0.3, -0.25) is 0 Å². The third-order valence-electron chi connectivity index (χ3n) is 5.18. The van der Waals surface area contributed by atoms with Crippen molar-refractivity contribution in [3.63, 3.8) is 0 Å². The summed E-state index contributed by atoms with van der Waals surface area (Å²) in [4.78, 5) is 0. The topological polar surface area (TPSA) is 68.2 Å². The van der Waals surface area contributed by atoms with Gasteiger partial charge in [0.25, 0.3) is 0 Å². The second-order valence-corrected chi connectivity index (χ2v) is 7.85. The summed E-state index contributed by atoms with van der Waals surface area (Å²) in [7, 11) is 3.06. The zero-order valence-electron chi connectivity index (χ0n) is 19.2. The van der Waals surface area contributed by atoms with Gasteiger partial charge < -0.3 is 24.4 Å². The number of hydrogen-bond acceptors (Lipinski definition) is 5. The molecule has 0 bridgehead atoms. The second kappa shape index (κ2) is 10.1. The number of allylic oxidation sites excluding steroid dienone is 1. The summed E-state index contributed by atoms with van der Waals surface area (Å²) >= 11 is 0. The molecule has 0 fully saturated rings. The summed E-state index contributed by atoms with van der Waals surface area (Å²) in [6, 6.07) is 14.8. The van der Waals surface area contributed by atoms with Crippen molar-refractivity contribution in [2.45, 2.75) is 27.2 Å². The lowest BCUT2D eigenvalue weighted by Gasteiger charge is -2.18. The van der Waals surface area contributed by atoms with E-state index in [4.69, 9.17) is 14.2 Å². The van der Waals surface area contributed by atoms with Gasteiger partial charge in [0.05, 0.1) is 26.4 Å². The molecule has 5 heteroatoms. The minimum atomic E-state index is -0.0564. The number of aromatic hydroxyl groups is 2. The van der Waals surface area contributed by atoms with Gasteiger partial charge in [-0.25, -0.2) is 0 Å². The maximum absolute atomic E-state index is 11.1. The largest absolute Gasteiger partial charge is 0.504 e. The van der Waals surface area contributed by atoms with Crippen molar-refractivity contribution in [3.05, 3.63) is 65.7 Å². The molecule has 3 rings (SSSR count). The fourth-order valence-corrected chi connectivity index (χ4v) is 3.53. The molecule has 0 atom stereocenters. The first-order valence-electron chi connectivity index (χ1n) is 10.5. The van der Waals surface area contributed by atoms with Crippen LogP contribution in [0.15, 0.2) is 60.2 Å². The zero-order chi connectivity index (χ0) is 23.3. The molecule has 0 saturated heterocycles. The lowest BCUT2D eigenvalue weighted by atomic mass is 9.96. The summed E-state index contributed by atoms with van der Waals surface area (Å²) in [5, 5.41) is 21.6. The maximum atomic E-state index is 11.1. The maximum Gasteiger partial charge on any atom is 0.170 e. The fraction of sp³-hybridized carbons (Fsp3) is 0.259. The van der Waals surface area contributed by atoms with Gasteiger partial charge in [0, 0.05) is 5.56 Å². The van der Waals surface area contributed by atoms with Crippen LogP contribution in [0, 0.1) is 6.92 Å². The van der Waals surface area contributed by atoms with Crippen LogP contribution >= 0.6 is 0 Å². The van der Waals surface area contributed by atoms with Crippen molar-refractivity contribution >= 4 is 0 Å². The number of aryl methyl sites for hydroxylation is 1. The number of phenols is 2. The van der Waals surface area contributed by atoms with Gasteiger partial charge >= 0.3 is 0 Å². The molecular weight excluding hydrogens is 404 g/mol. The van der Waals surface area contributed by atoms with Crippen LogP contribution in [0.2, 0.25) is 0 Å². The lowest BCUT2D eigenvalue weighted by molar-refractivity contribution is 0.305. The van der Waals surface area contributed by atoms with Crippen LogP contribution in [-0.2, 0) is 0 Å². The minimum absolute atomic E-state index is 0.0114. The summed E-state index contributed by atoms with van der Waals surface area (Å²) in [5.74, 6) is 1.13. The van der Waals surface area contributed by atoms with Crippen LogP contribution in [0.4, 0.5) is 0 Å². The first-order valence-corrected chi connectivity index (χ1v) is 10.5. The van der Waals surface area contributed by atoms with E-state index in [0.717, 1.165) is 17.5 Å². The molecule has 32 heavy (non-hydrogen) atoms. The first kappa shape index (κ1) is 23.1. The Kier molecular flexibility index (Phi) is 7.31. The zero-order valence-corrected chi connectivity index (χ0v) is 19.2. The molecule has 0 radical (unpaired) electrons. The Labute approximate surface area is 189 Å². The summed E-state index contributed by atoms with van der Waals surface area (Å²) in [6.07, 6.45) is 2.84. The van der Waals surface area contributed by atoms with E-state index in [0.29, 0.717) is 40.5 Å². The quantitative estimate of drug-likeness (QED) is 0.313. The molecule has 0 aliphatic rings.